The molecule has 5 nitrogen and oxygen atoms in total. The van der Waals surface area contributed by atoms with Crippen LogP contribution in [0.3, 0.4) is 0 Å². The van der Waals surface area contributed by atoms with Crippen LogP contribution >= 0.6 is 11.3 Å². The van der Waals surface area contributed by atoms with Gasteiger partial charge in [0, 0.05) is 38.0 Å². The molecule has 1 aromatic heterocycles. The summed E-state index contributed by atoms with van der Waals surface area (Å²) in [7, 11) is 1.81. The van der Waals surface area contributed by atoms with Gasteiger partial charge in [-0.05, 0) is 33.1 Å². The summed E-state index contributed by atoms with van der Waals surface area (Å²) in [5.74, 6) is 0.857. The summed E-state index contributed by atoms with van der Waals surface area (Å²) in [5.41, 5.74) is 1.15. The number of thiazole rings is 1. The molecule has 1 aromatic rings. The van der Waals surface area contributed by atoms with Crippen molar-refractivity contribution in [3.63, 3.8) is 0 Å². The fraction of sp³-hybridized carbons (Fsp3) is 0.765. The summed E-state index contributed by atoms with van der Waals surface area (Å²) in [6.07, 6.45) is 7.61. The van der Waals surface area contributed by atoms with E-state index in [0.29, 0.717) is 6.10 Å². The first kappa shape index (κ1) is 18.2. The molecule has 0 amide bonds. The minimum Gasteiger partial charge on any atom is -0.378 e. The summed E-state index contributed by atoms with van der Waals surface area (Å²) >= 11 is 1.78. The number of hydrogen-bond acceptors (Lipinski definition) is 4. The van der Waals surface area contributed by atoms with E-state index in [2.05, 4.69) is 34.5 Å². The molecule has 0 saturated heterocycles. The number of nitrogens with zero attached hydrogens (tertiary/aromatic N) is 2. The van der Waals surface area contributed by atoms with Crippen LogP contribution in [0.15, 0.2) is 4.99 Å². The molecule has 1 aliphatic rings. The summed E-state index contributed by atoms with van der Waals surface area (Å²) in [5, 5.41) is 7.87. The van der Waals surface area contributed by atoms with Crippen LogP contribution in [0.25, 0.3) is 0 Å². The third kappa shape index (κ3) is 6.47. The van der Waals surface area contributed by atoms with Gasteiger partial charge in [-0.1, -0.05) is 12.8 Å². The minimum atomic E-state index is 0.512. The zero-order valence-corrected chi connectivity index (χ0v) is 15.5. The maximum absolute atomic E-state index is 5.86. The van der Waals surface area contributed by atoms with Crippen LogP contribution in [0.5, 0.6) is 0 Å². The summed E-state index contributed by atoms with van der Waals surface area (Å²) in [6.45, 7) is 6.77. The monoisotopic (exact) mass is 338 g/mol. The average Bonchev–Trinajstić information content (AvgIpc) is 3.16. The van der Waals surface area contributed by atoms with Crippen molar-refractivity contribution in [2.24, 2.45) is 4.99 Å². The molecule has 6 heteroatoms. The highest BCUT2D eigenvalue weighted by Gasteiger charge is 2.14. The first-order valence-corrected chi connectivity index (χ1v) is 9.49. The van der Waals surface area contributed by atoms with Crippen LogP contribution in [-0.2, 0) is 11.2 Å². The van der Waals surface area contributed by atoms with Gasteiger partial charge in [0.2, 0.25) is 0 Å². The van der Waals surface area contributed by atoms with Gasteiger partial charge < -0.3 is 15.4 Å². The van der Waals surface area contributed by atoms with Crippen molar-refractivity contribution in [1.29, 1.82) is 0 Å². The average molecular weight is 339 g/mol. The van der Waals surface area contributed by atoms with E-state index < -0.39 is 0 Å². The van der Waals surface area contributed by atoms with Crippen molar-refractivity contribution < 1.29 is 4.74 Å². The molecule has 0 atom stereocenters. The first-order chi connectivity index (χ1) is 11.2. The molecule has 130 valence electrons. The van der Waals surface area contributed by atoms with E-state index in [9.17, 15) is 0 Å². The topological polar surface area (TPSA) is 58.5 Å². The summed E-state index contributed by atoms with van der Waals surface area (Å²) in [4.78, 5) is 10.1. The Morgan fingerprint density at radius 2 is 2.00 bits per heavy atom. The molecule has 0 aliphatic heterocycles. The summed E-state index contributed by atoms with van der Waals surface area (Å²) < 4.78 is 5.86. The molecular weight excluding hydrogens is 308 g/mol. The second-order valence-corrected chi connectivity index (χ2v) is 7.34. The zero-order valence-electron chi connectivity index (χ0n) is 14.7. The third-order valence-electron chi connectivity index (χ3n) is 4.20. The van der Waals surface area contributed by atoms with E-state index in [1.807, 2.05) is 7.05 Å². The largest absolute Gasteiger partial charge is 0.378 e. The second-order valence-electron chi connectivity index (χ2n) is 6.06. The van der Waals surface area contributed by atoms with Crippen LogP contribution in [0.1, 0.15) is 47.7 Å². The van der Waals surface area contributed by atoms with E-state index in [1.165, 1.54) is 35.6 Å². The first-order valence-electron chi connectivity index (χ1n) is 8.68. The Morgan fingerprint density at radius 1 is 1.26 bits per heavy atom. The summed E-state index contributed by atoms with van der Waals surface area (Å²) in [6, 6.07) is 0. The van der Waals surface area contributed by atoms with Gasteiger partial charge in [-0.2, -0.15) is 0 Å². The molecule has 1 saturated carbocycles. The lowest BCUT2D eigenvalue weighted by atomic mass is 10.3. The lowest BCUT2D eigenvalue weighted by Crippen LogP contribution is -2.39. The predicted molar refractivity (Wildman–Crippen MR) is 97.5 cm³/mol. The van der Waals surface area contributed by atoms with Gasteiger partial charge in [0.15, 0.2) is 5.96 Å². The molecule has 1 aliphatic carbocycles. The Labute approximate surface area is 144 Å². The molecule has 23 heavy (non-hydrogen) atoms. The van der Waals surface area contributed by atoms with Gasteiger partial charge in [0.1, 0.15) is 0 Å². The Hall–Kier alpha value is -1.14. The van der Waals surface area contributed by atoms with Gasteiger partial charge in [0.05, 0.1) is 16.8 Å². The molecule has 0 radical (unpaired) electrons. The van der Waals surface area contributed by atoms with Crippen molar-refractivity contribution in [3.05, 3.63) is 15.6 Å². The lowest BCUT2D eigenvalue weighted by Gasteiger charge is -2.13. The Kier molecular flexibility index (Phi) is 7.82. The molecule has 0 unspecified atom stereocenters. The maximum Gasteiger partial charge on any atom is 0.190 e. The quantitative estimate of drug-likeness (QED) is 0.435. The van der Waals surface area contributed by atoms with Crippen molar-refractivity contribution in [2.75, 3.05) is 26.7 Å². The fourth-order valence-electron chi connectivity index (χ4n) is 2.74. The third-order valence-corrected chi connectivity index (χ3v) is 5.33. The SMILES string of the molecule is CN=C(NCCCOC1CCCC1)NCCc1nc(C)c(C)s1. The fourth-order valence-corrected chi connectivity index (χ4v) is 3.67. The van der Waals surface area contributed by atoms with E-state index in [-0.39, 0.29) is 0 Å². The Balaban J connectivity index is 1.54. The van der Waals surface area contributed by atoms with Crippen molar-refractivity contribution in [1.82, 2.24) is 15.6 Å². The Bertz CT molecular complexity index is 475. The molecule has 0 spiro atoms. The Morgan fingerprint density at radius 3 is 2.65 bits per heavy atom. The maximum atomic E-state index is 5.86. The highest BCUT2D eigenvalue weighted by Crippen LogP contribution is 2.20. The smallest absolute Gasteiger partial charge is 0.190 e. The molecule has 1 heterocycles. The van der Waals surface area contributed by atoms with Crippen molar-refractivity contribution in [3.8, 4) is 0 Å². The number of ether oxygens (including phenoxy) is 1. The van der Waals surface area contributed by atoms with Crippen LogP contribution in [0.4, 0.5) is 0 Å². The number of nitrogens with one attached hydrogen (secondary N) is 2. The minimum absolute atomic E-state index is 0.512. The molecule has 2 rings (SSSR count). The normalized spacial score (nSPS) is 16.0. The van der Waals surface area contributed by atoms with E-state index in [1.54, 1.807) is 11.3 Å². The van der Waals surface area contributed by atoms with Crippen molar-refractivity contribution in [2.45, 2.75) is 58.5 Å². The zero-order chi connectivity index (χ0) is 16.5. The van der Waals surface area contributed by atoms with Crippen LogP contribution in [-0.4, -0.2) is 43.8 Å². The molecule has 0 bridgehead atoms. The van der Waals surface area contributed by atoms with Crippen LogP contribution < -0.4 is 10.6 Å². The molecule has 1 fully saturated rings. The van der Waals surface area contributed by atoms with Crippen LogP contribution in [0, 0.1) is 13.8 Å². The molecule has 2 N–H and O–H groups in total. The van der Waals surface area contributed by atoms with Gasteiger partial charge in [0.25, 0.3) is 0 Å². The number of guanidine groups is 1. The number of hydrogen-bond donors (Lipinski definition) is 2. The highest BCUT2D eigenvalue weighted by atomic mass is 32.1. The van der Waals surface area contributed by atoms with Crippen molar-refractivity contribution >= 4 is 17.3 Å². The molecular formula is C17H30N4OS. The highest BCUT2D eigenvalue weighted by molar-refractivity contribution is 7.11. The number of aryl methyl sites for hydroxylation is 2. The van der Waals surface area contributed by atoms with E-state index >= 15 is 0 Å². The van der Waals surface area contributed by atoms with Gasteiger partial charge in [-0.25, -0.2) is 4.98 Å². The number of rotatable bonds is 8. The van der Waals surface area contributed by atoms with Gasteiger partial charge >= 0.3 is 0 Å². The van der Waals surface area contributed by atoms with E-state index in [4.69, 9.17) is 4.74 Å². The predicted octanol–water partition coefficient (Wildman–Crippen LogP) is 2.82. The van der Waals surface area contributed by atoms with Crippen LogP contribution in [0.2, 0.25) is 0 Å². The lowest BCUT2D eigenvalue weighted by molar-refractivity contribution is 0.0574. The van der Waals surface area contributed by atoms with Gasteiger partial charge in [-0.15, -0.1) is 11.3 Å². The standard InChI is InChI=1S/C17H30N4OS/c1-13-14(2)23-16(21-13)9-11-20-17(18-3)19-10-6-12-22-15-7-4-5-8-15/h15H,4-12H2,1-3H3,(H2,18,19,20). The molecule has 0 aromatic carbocycles. The number of aliphatic imine (C=N–C) groups is 1. The second kappa shape index (κ2) is 9.88. The van der Waals surface area contributed by atoms with Gasteiger partial charge in [-0.3, -0.25) is 4.99 Å². The van der Waals surface area contributed by atoms with E-state index in [0.717, 1.165) is 44.2 Å². The number of aromatic nitrogens is 1.